The summed E-state index contributed by atoms with van der Waals surface area (Å²) in [5, 5.41) is 33.5. The Morgan fingerprint density at radius 3 is 2.64 bits per heavy atom. The zero-order chi connectivity index (χ0) is 27.8. The van der Waals surface area contributed by atoms with Gasteiger partial charge in [-0.25, -0.2) is 0 Å². The fraction of sp³-hybridized carbons (Fsp3) is 0.400. The summed E-state index contributed by atoms with van der Waals surface area (Å²) in [6.45, 7) is 3.30. The van der Waals surface area contributed by atoms with Gasteiger partial charge in [0.2, 0.25) is 0 Å². The molecule has 1 aliphatic heterocycles. The number of carbonyl (C=O) groups excluding carboxylic acids is 1. The van der Waals surface area contributed by atoms with Crippen molar-refractivity contribution >= 4 is 28.4 Å². The summed E-state index contributed by atoms with van der Waals surface area (Å²) in [5.41, 5.74) is 3.90. The molecule has 39 heavy (non-hydrogen) atoms. The molecule has 2 heterocycles. The van der Waals surface area contributed by atoms with E-state index < -0.39 is 18.1 Å². The number of rotatable bonds is 11. The number of aromatic nitrogens is 1. The second-order valence-corrected chi connectivity index (χ2v) is 9.69. The van der Waals surface area contributed by atoms with Crippen LogP contribution in [0.5, 0.6) is 0 Å². The molecular weight excluding hydrogens is 496 g/mol. The lowest BCUT2D eigenvalue weighted by molar-refractivity contribution is -0.117. The number of anilines is 1. The third kappa shape index (κ3) is 7.05. The molecule has 9 heteroatoms. The zero-order valence-electron chi connectivity index (χ0n) is 22.5. The van der Waals surface area contributed by atoms with Gasteiger partial charge in [0.15, 0.2) is 0 Å². The number of carbonyl (C=O) groups is 1. The number of fused-ring (bicyclic) bond motifs is 1. The minimum Gasteiger partial charge on any atom is -0.396 e. The fourth-order valence-electron chi connectivity index (χ4n) is 4.80. The molecule has 9 nitrogen and oxygen atoms in total. The molecule has 2 atom stereocenters. The number of hydrogen-bond acceptors (Lipinski definition) is 7. The topological polar surface area (TPSA) is 120 Å². The molecule has 0 bridgehead atoms. The first kappa shape index (κ1) is 28.3. The molecule has 206 valence electrons. The van der Waals surface area contributed by atoms with Gasteiger partial charge in [0.05, 0.1) is 25.4 Å². The first-order valence-corrected chi connectivity index (χ1v) is 13.2. The predicted octanol–water partition coefficient (Wildman–Crippen LogP) is 2.85. The molecule has 1 saturated heterocycles. The monoisotopic (exact) mass is 532 g/mol. The largest absolute Gasteiger partial charge is 0.396 e. The second kappa shape index (κ2) is 13.4. The number of nitrogens with zero attached hydrogens (tertiary/aromatic N) is 3. The van der Waals surface area contributed by atoms with Gasteiger partial charge in [0.25, 0.3) is 5.91 Å². The Labute approximate surface area is 228 Å². The number of morpholine rings is 1. The van der Waals surface area contributed by atoms with Gasteiger partial charge in [0, 0.05) is 63.9 Å². The van der Waals surface area contributed by atoms with Gasteiger partial charge in [0.1, 0.15) is 11.6 Å². The lowest BCUT2D eigenvalue weighted by Crippen LogP contribution is -2.36. The van der Waals surface area contributed by atoms with E-state index in [9.17, 15) is 15.2 Å². The van der Waals surface area contributed by atoms with Crippen molar-refractivity contribution in [2.24, 2.45) is 7.05 Å². The van der Waals surface area contributed by atoms with Crippen molar-refractivity contribution in [1.29, 1.82) is 5.26 Å². The molecule has 0 spiro atoms. The highest BCUT2D eigenvalue weighted by Gasteiger charge is 2.18. The van der Waals surface area contributed by atoms with Crippen LogP contribution in [0.25, 0.3) is 28.1 Å². The average Bonchev–Trinajstić information content (AvgIpc) is 3.33. The number of nitrogens with one attached hydrogen (secondary N) is 1. The van der Waals surface area contributed by atoms with Gasteiger partial charge < -0.3 is 34.5 Å². The molecule has 2 unspecified atom stereocenters. The predicted molar refractivity (Wildman–Crippen MR) is 151 cm³/mol. The Balaban J connectivity index is 1.47. The number of methoxy groups -OCH3 is 1. The van der Waals surface area contributed by atoms with Crippen LogP contribution in [0.2, 0.25) is 0 Å². The fourth-order valence-corrected chi connectivity index (χ4v) is 4.80. The van der Waals surface area contributed by atoms with Crippen molar-refractivity contribution in [3.05, 3.63) is 59.8 Å². The standard InChI is InChI=1S/C30H36N4O5/c1-33-25(17-24(19-31)30(37)32-20-28(38-2)18-27(36)9-12-35)7-8-29(33)23-4-3-22-16-26(6-5-21(22)15-23)34-10-13-39-14-11-34/h3-8,15-17,27-28,35-36H,9-14,18,20H2,1-2H3,(H,32,37)/b24-17+. The molecule has 0 saturated carbocycles. The van der Waals surface area contributed by atoms with E-state index in [-0.39, 0.29) is 31.6 Å². The average molecular weight is 533 g/mol. The van der Waals surface area contributed by atoms with Crippen LogP contribution in [-0.4, -0.2) is 79.5 Å². The SMILES string of the molecule is COC(CNC(=O)/C(C#N)=C/c1ccc(-c2ccc3cc(N4CCOCC4)ccc3c2)n1C)CC(O)CCO. The Morgan fingerprint density at radius 1 is 1.18 bits per heavy atom. The summed E-state index contributed by atoms with van der Waals surface area (Å²) in [4.78, 5) is 15.0. The molecule has 0 radical (unpaired) electrons. The zero-order valence-corrected chi connectivity index (χ0v) is 22.5. The summed E-state index contributed by atoms with van der Waals surface area (Å²) in [5.74, 6) is -0.513. The van der Waals surface area contributed by atoms with Crippen molar-refractivity contribution < 1.29 is 24.5 Å². The maximum absolute atomic E-state index is 12.7. The minimum atomic E-state index is -0.730. The van der Waals surface area contributed by atoms with Gasteiger partial charge in [-0.15, -0.1) is 0 Å². The van der Waals surface area contributed by atoms with E-state index in [0.29, 0.717) is 0 Å². The number of aliphatic hydroxyl groups excluding tert-OH is 2. The summed E-state index contributed by atoms with van der Waals surface area (Å²) in [6, 6.07) is 18.7. The third-order valence-electron chi connectivity index (χ3n) is 7.13. The van der Waals surface area contributed by atoms with Crippen molar-refractivity contribution in [2.75, 3.05) is 51.5 Å². The van der Waals surface area contributed by atoms with E-state index in [0.717, 1.165) is 48.6 Å². The Bertz CT molecular complexity index is 1350. The van der Waals surface area contributed by atoms with Crippen molar-refractivity contribution in [1.82, 2.24) is 9.88 Å². The Hall–Kier alpha value is -3.68. The number of amides is 1. The van der Waals surface area contributed by atoms with E-state index >= 15 is 0 Å². The van der Waals surface area contributed by atoms with Gasteiger partial charge in [-0.1, -0.05) is 18.2 Å². The van der Waals surface area contributed by atoms with Crippen LogP contribution in [0.1, 0.15) is 18.5 Å². The van der Waals surface area contributed by atoms with Crippen LogP contribution < -0.4 is 10.2 Å². The minimum absolute atomic E-state index is 0.0253. The van der Waals surface area contributed by atoms with Crippen LogP contribution in [-0.2, 0) is 21.3 Å². The van der Waals surface area contributed by atoms with Crippen LogP contribution >= 0.6 is 0 Å². The first-order chi connectivity index (χ1) is 18.9. The summed E-state index contributed by atoms with van der Waals surface area (Å²) in [6.07, 6.45) is 0.905. The van der Waals surface area contributed by atoms with E-state index in [4.69, 9.17) is 14.6 Å². The van der Waals surface area contributed by atoms with E-state index in [1.807, 2.05) is 29.8 Å². The van der Waals surface area contributed by atoms with Crippen LogP contribution in [0.3, 0.4) is 0 Å². The van der Waals surface area contributed by atoms with Crippen molar-refractivity contribution in [3.8, 4) is 17.3 Å². The lowest BCUT2D eigenvalue weighted by atomic mass is 10.0. The van der Waals surface area contributed by atoms with E-state index in [1.54, 1.807) is 6.08 Å². The highest BCUT2D eigenvalue weighted by atomic mass is 16.5. The van der Waals surface area contributed by atoms with Gasteiger partial charge in [-0.3, -0.25) is 4.79 Å². The molecule has 3 aromatic rings. The quantitative estimate of drug-likeness (QED) is 0.257. The molecule has 3 N–H and O–H groups in total. The van der Waals surface area contributed by atoms with Gasteiger partial charge in [-0.05, 0) is 59.2 Å². The molecule has 2 aromatic carbocycles. The van der Waals surface area contributed by atoms with Crippen molar-refractivity contribution in [3.63, 3.8) is 0 Å². The maximum atomic E-state index is 12.7. The van der Waals surface area contributed by atoms with Gasteiger partial charge in [-0.2, -0.15) is 5.26 Å². The summed E-state index contributed by atoms with van der Waals surface area (Å²) < 4.78 is 12.7. The number of benzene rings is 2. The summed E-state index contributed by atoms with van der Waals surface area (Å²) in [7, 11) is 3.40. The number of nitriles is 1. The number of ether oxygens (including phenoxy) is 2. The molecular formula is C30H36N4O5. The Morgan fingerprint density at radius 2 is 1.92 bits per heavy atom. The van der Waals surface area contributed by atoms with Crippen LogP contribution in [0, 0.1) is 11.3 Å². The highest BCUT2D eigenvalue weighted by molar-refractivity contribution is 6.01. The van der Waals surface area contributed by atoms with Crippen LogP contribution in [0.4, 0.5) is 5.69 Å². The third-order valence-corrected chi connectivity index (χ3v) is 7.13. The maximum Gasteiger partial charge on any atom is 0.262 e. The molecule has 1 aromatic heterocycles. The second-order valence-electron chi connectivity index (χ2n) is 9.69. The van der Waals surface area contributed by atoms with E-state index in [1.165, 1.54) is 18.2 Å². The van der Waals surface area contributed by atoms with E-state index in [2.05, 4.69) is 46.6 Å². The molecule has 1 fully saturated rings. The lowest BCUT2D eigenvalue weighted by Gasteiger charge is -2.29. The first-order valence-electron chi connectivity index (χ1n) is 13.2. The molecule has 0 aliphatic carbocycles. The number of hydrogen-bond donors (Lipinski definition) is 3. The summed E-state index contributed by atoms with van der Waals surface area (Å²) >= 11 is 0. The molecule has 4 rings (SSSR count). The van der Waals surface area contributed by atoms with Crippen LogP contribution in [0.15, 0.2) is 54.1 Å². The normalized spacial score (nSPS) is 15.7. The molecule has 1 amide bonds. The Kier molecular flexibility index (Phi) is 9.74. The molecule has 1 aliphatic rings. The smallest absolute Gasteiger partial charge is 0.262 e. The van der Waals surface area contributed by atoms with Gasteiger partial charge >= 0.3 is 0 Å². The highest BCUT2D eigenvalue weighted by Crippen LogP contribution is 2.29. The number of aliphatic hydroxyl groups is 2. The van der Waals surface area contributed by atoms with Crippen molar-refractivity contribution in [2.45, 2.75) is 25.0 Å².